The SMILES string of the molecule is Cc1cc(C(C)(C)C)cc(C)c1N(c1ccc2c(c1)N(c1ccc(-c3cccc4c3oc3ccccc34)cc1)c1cc(C(C)(C)C)cc3c1B2c1cc(-c2ccccc2)ccc1N3c1ccc(C(C)(C)C)cc1)c1cccc2c1oc1ccccc12. The van der Waals surface area contributed by atoms with E-state index in [2.05, 4.69) is 309 Å². The molecule has 13 aromatic rings. The summed E-state index contributed by atoms with van der Waals surface area (Å²) in [5.74, 6) is 0. The average Bonchev–Trinajstić information content (AvgIpc) is 0.946. The van der Waals surface area contributed by atoms with Crippen LogP contribution in [-0.2, 0) is 16.2 Å². The van der Waals surface area contributed by atoms with Gasteiger partial charge in [-0.1, -0.05) is 214 Å². The van der Waals surface area contributed by atoms with Crippen molar-refractivity contribution in [2.45, 2.75) is 92.4 Å². The molecule has 86 heavy (non-hydrogen) atoms. The van der Waals surface area contributed by atoms with E-state index >= 15 is 0 Å². The third-order valence-electron chi connectivity index (χ3n) is 18.3. The van der Waals surface area contributed by atoms with Crippen LogP contribution in [0.3, 0.4) is 0 Å². The molecule has 0 atom stereocenters. The Morgan fingerprint density at radius 3 is 1.52 bits per heavy atom. The molecule has 5 nitrogen and oxygen atoms in total. The fourth-order valence-corrected chi connectivity index (χ4v) is 13.8. The van der Waals surface area contributed by atoms with Gasteiger partial charge in [0.2, 0.25) is 0 Å². The zero-order valence-corrected chi connectivity index (χ0v) is 51.1. The van der Waals surface area contributed by atoms with Crippen molar-refractivity contribution in [3.8, 4) is 22.3 Å². The maximum absolute atomic E-state index is 7.00. The first-order valence-corrected chi connectivity index (χ1v) is 30.4. The number of hydrogen-bond donors (Lipinski definition) is 0. The second-order valence-corrected chi connectivity index (χ2v) is 27.1. The van der Waals surface area contributed by atoms with Crippen LogP contribution >= 0.6 is 0 Å². The number of aryl methyl sites for hydroxylation is 2. The number of furan rings is 2. The summed E-state index contributed by atoms with van der Waals surface area (Å²) in [6, 6.07) is 83.6. The minimum absolute atomic E-state index is 0.00203. The highest BCUT2D eigenvalue weighted by Gasteiger charge is 2.45. The van der Waals surface area contributed by atoms with Gasteiger partial charge in [0.15, 0.2) is 5.58 Å². The number of nitrogens with zero attached hydrogens (tertiary/aromatic N) is 3. The molecular weight excluding hydrogens is 1050 g/mol. The molecule has 2 aliphatic heterocycles. The van der Waals surface area contributed by atoms with Crippen molar-refractivity contribution in [3.63, 3.8) is 0 Å². The first-order chi connectivity index (χ1) is 41.4. The molecule has 0 saturated carbocycles. The van der Waals surface area contributed by atoms with Crippen LogP contribution in [-0.4, -0.2) is 6.71 Å². The lowest BCUT2D eigenvalue weighted by Crippen LogP contribution is -2.61. The molecular formula is C80H70BN3O2. The smallest absolute Gasteiger partial charge is 0.252 e. The van der Waals surface area contributed by atoms with Crippen molar-refractivity contribution in [1.29, 1.82) is 0 Å². The summed E-state index contributed by atoms with van der Waals surface area (Å²) in [6.45, 7) is 25.3. The Kier molecular flexibility index (Phi) is 12.1. The van der Waals surface area contributed by atoms with Crippen molar-refractivity contribution in [2.75, 3.05) is 14.7 Å². The summed E-state index contributed by atoms with van der Waals surface area (Å²) in [4.78, 5) is 7.61. The van der Waals surface area contributed by atoms with E-state index in [1.807, 2.05) is 6.07 Å². The summed E-state index contributed by atoms with van der Waals surface area (Å²) in [5.41, 5.74) is 27.8. The molecule has 0 N–H and O–H groups in total. The van der Waals surface area contributed by atoms with Crippen LogP contribution in [0.25, 0.3) is 66.1 Å². The van der Waals surface area contributed by atoms with Gasteiger partial charge in [-0.2, -0.15) is 0 Å². The van der Waals surface area contributed by atoms with E-state index in [4.69, 9.17) is 8.83 Å². The first kappa shape index (κ1) is 53.2. The standard InChI is InChI=1S/C80H70BN3O2/c1-49-43-55(79(6,7)8)44-50(2)75(49)84(68-28-20-27-64-62-24-16-18-30-73(62)86-77(64)68)59-40-41-65-69(48-59)83(57-36-31-52(32-37-57)60-25-19-26-63-61-23-15-17-29-72(61)85-76(60)63)71-47-56(80(9,10)11)46-70-74(71)81(65)66-45-53(51-21-13-12-14-22-51)33-42-67(66)82(70)58-38-34-54(35-39-58)78(3,4)5/h12-48H,1-11H3. The molecule has 0 aliphatic carbocycles. The quantitative estimate of drug-likeness (QED) is 0.149. The maximum Gasteiger partial charge on any atom is 0.252 e. The minimum atomic E-state index is -0.209. The Morgan fingerprint density at radius 2 is 0.895 bits per heavy atom. The van der Waals surface area contributed by atoms with E-state index in [-0.39, 0.29) is 23.0 Å². The summed E-state index contributed by atoms with van der Waals surface area (Å²) in [7, 11) is 0. The van der Waals surface area contributed by atoms with Crippen molar-refractivity contribution < 1.29 is 8.83 Å². The predicted molar refractivity (Wildman–Crippen MR) is 366 cm³/mol. The van der Waals surface area contributed by atoms with Gasteiger partial charge < -0.3 is 23.5 Å². The highest BCUT2D eigenvalue weighted by Crippen LogP contribution is 2.51. The number of para-hydroxylation sites is 4. The fourth-order valence-electron chi connectivity index (χ4n) is 13.8. The van der Waals surface area contributed by atoms with Crippen LogP contribution in [0.15, 0.2) is 233 Å². The normalized spacial score (nSPS) is 13.2. The molecule has 0 spiro atoms. The molecule has 4 heterocycles. The van der Waals surface area contributed by atoms with Crippen LogP contribution in [0.4, 0.5) is 51.2 Å². The number of benzene rings is 11. The van der Waals surface area contributed by atoms with Crippen molar-refractivity contribution in [1.82, 2.24) is 0 Å². The summed E-state index contributed by atoms with van der Waals surface area (Å²) < 4.78 is 13.7. The molecule has 0 unspecified atom stereocenters. The van der Waals surface area contributed by atoms with Gasteiger partial charge in [-0.05, 0) is 164 Å². The molecule has 420 valence electrons. The minimum Gasteiger partial charge on any atom is -0.455 e. The van der Waals surface area contributed by atoms with Gasteiger partial charge in [0, 0.05) is 66.9 Å². The monoisotopic (exact) mass is 1120 g/mol. The molecule has 0 saturated heterocycles. The Labute approximate surface area is 505 Å². The van der Waals surface area contributed by atoms with Gasteiger partial charge in [-0.15, -0.1) is 0 Å². The van der Waals surface area contributed by atoms with E-state index < -0.39 is 0 Å². The topological polar surface area (TPSA) is 36.0 Å². The van der Waals surface area contributed by atoms with E-state index in [1.165, 1.54) is 66.7 Å². The Bertz CT molecular complexity index is 4830. The average molecular weight is 1120 g/mol. The van der Waals surface area contributed by atoms with Gasteiger partial charge in [-0.3, -0.25) is 0 Å². The van der Waals surface area contributed by atoms with Crippen LogP contribution in [0.5, 0.6) is 0 Å². The van der Waals surface area contributed by atoms with Gasteiger partial charge in [0.05, 0.1) is 11.4 Å². The van der Waals surface area contributed by atoms with Crippen LogP contribution in [0.2, 0.25) is 0 Å². The number of rotatable bonds is 7. The molecule has 11 aromatic carbocycles. The van der Waals surface area contributed by atoms with Gasteiger partial charge >= 0.3 is 0 Å². The summed E-state index contributed by atoms with van der Waals surface area (Å²) in [5, 5.41) is 4.43. The van der Waals surface area contributed by atoms with E-state index in [0.29, 0.717) is 0 Å². The van der Waals surface area contributed by atoms with Crippen molar-refractivity contribution in [3.05, 3.63) is 252 Å². The van der Waals surface area contributed by atoms with E-state index in [1.54, 1.807) is 0 Å². The Hall–Kier alpha value is -9.52. The lowest BCUT2D eigenvalue weighted by Gasteiger charge is -2.45. The van der Waals surface area contributed by atoms with Crippen LogP contribution in [0, 0.1) is 13.8 Å². The highest BCUT2D eigenvalue weighted by atomic mass is 16.3. The molecule has 15 rings (SSSR count). The van der Waals surface area contributed by atoms with Crippen molar-refractivity contribution >= 4 is 118 Å². The lowest BCUT2D eigenvalue weighted by atomic mass is 9.33. The molecule has 0 fully saturated rings. The molecule has 0 radical (unpaired) electrons. The third-order valence-corrected chi connectivity index (χ3v) is 18.3. The van der Waals surface area contributed by atoms with E-state index in [0.717, 1.165) is 94.8 Å². The summed E-state index contributed by atoms with van der Waals surface area (Å²) >= 11 is 0. The largest absolute Gasteiger partial charge is 0.455 e. The molecule has 6 heteroatoms. The third kappa shape index (κ3) is 8.58. The lowest BCUT2D eigenvalue weighted by molar-refractivity contribution is 0.589. The first-order valence-electron chi connectivity index (χ1n) is 30.4. The Balaban J connectivity index is 1.02. The highest BCUT2D eigenvalue weighted by molar-refractivity contribution is 7.00. The van der Waals surface area contributed by atoms with Crippen LogP contribution < -0.4 is 31.1 Å². The van der Waals surface area contributed by atoms with Gasteiger partial charge in [-0.25, -0.2) is 0 Å². The second kappa shape index (κ2) is 19.5. The summed E-state index contributed by atoms with van der Waals surface area (Å²) in [6.07, 6.45) is 0. The van der Waals surface area contributed by atoms with Gasteiger partial charge in [0.1, 0.15) is 16.7 Å². The fraction of sp³-hybridized carbons (Fsp3) is 0.175. The molecule has 0 amide bonds. The van der Waals surface area contributed by atoms with Gasteiger partial charge in [0.25, 0.3) is 6.71 Å². The molecule has 0 bridgehead atoms. The predicted octanol–water partition coefficient (Wildman–Crippen LogP) is 20.9. The number of hydrogen-bond acceptors (Lipinski definition) is 5. The Morgan fingerprint density at radius 1 is 0.372 bits per heavy atom. The van der Waals surface area contributed by atoms with E-state index in [9.17, 15) is 0 Å². The second-order valence-electron chi connectivity index (χ2n) is 27.1. The zero-order valence-electron chi connectivity index (χ0n) is 51.1. The van der Waals surface area contributed by atoms with Crippen LogP contribution in [0.1, 0.15) is 90.1 Å². The number of anilines is 9. The maximum atomic E-state index is 7.00. The number of fused-ring (bicyclic) bond motifs is 10. The molecule has 2 aliphatic rings. The zero-order chi connectivity index (χ0) is 59.1. The van der Waals surface area contributed by atoms with Crippen molar-refractivity contribution in [2.24, 2.45) is 0 Å². The molecule has 2 aromatic heterocycles.